The molecule has 1 heterocycles. The standard InChI is InChI=1S/C22H17ClN4/c23-18-12-10-17(11-13-18)15-24-27-22-21(14-16-6-2-1-3-7-16)25-19-8-4-5-9-20(19)26-22/h1-13,15H,14H2,(H,26,27)/b24-15+. The largest absolute Gasteiger partial charge is 0.260 e. The first-order chi connectivity index (χ1) is 13.3. The van der Waals surface area contributed by atoms with Gasteiger partial charge in [0.15, 0.2) is 5.82 Å². The molecular weight excluding hydrogens is 356 g/mol. The van der Waals surface area contributed by atoms with E-state index in [1.54, 1.807) is 6.21 Å². The van der Waals surface area contributed by atoms with E-state index in [0.717, 1.165) is 22.3 Å². The molecule has 0 aliphatic carbocycles. The quantitative estimate of drug-likeness (QED) is 0.381. The molecular formula is C22H17ClN4. The molecule has 4 nitrogen and oxygen atoms in total. The van der Waals surface area contributed by atoms with E-state index in [1.807, 2.05) is 66.7 Å². The van der Waals surface area contributed by atoms with Gasteiger partial charge in [-0.25, -0.2) is 9.97 Å². The molecule has 0 fully saturated rings. The van der Waals surface area contributed by atoms with Gasteiger partial charge in [0.2, 0.25) is 0 Å². The average Bonchev–Trinajstić information content (AvgIpc) is 2.70. The van der Waals surface area contributed by atoms with Crippen molar-refractivity contribution in [3.05, 3.63) is 101 Å². The number of benzene rings is 3. The molecule has 1 N–H and O–H groups in total. The monoisotopic (exact) mass is 372 g/mol. The molecule has 0 bridgehead atoms. The number of fused-ring (bicyclic) bond motifs is 1. The van der Waals surface area contributed by atoms with Crippen molar-refractivity contribution in [1.29, 1.82) is 0 Å². The maximum atomic E-state index is 5.92. The molecule has 3 aromatic carbocycles. The van der Waals surface area contributed by atoms with Crippen molar-refractivity contribution in [2.75, 3.05) is 5.43 Å². The lowest BCUT2D eigenvalue weighted by Gasteiger charge is -2.09. The van der Waals surface area contributed by atoms with Gasteiger partial charge in [0.1, 0.15) is 0 Å². The summed E-state index contributed by atoms with van der Waals surface area (Å²) < 4.78 is 0. The average molecular weight is 373 g/mol. The van der Waals surface area contributed by atoms with Gasteiger partial charge in [-0.15, -0.1) is 0 Å². The van der Waals surface area contributed by atoms with Crippen molar-refractivity contribution < 1.29 is 0 Å². The van der Waals surface area contributed by atoms with Gasteiger partial charge >= 0.3 is 0 Å². The number of anilines is 1. The van der Waals surface area contributed by atoms with Crippen LogP contribution >= 0.6 is 11.6 Å². The van der Waals surface area contributed by atoms with Crippen LogP contribution in [0, 0.1) is 0 Å². The molecule has 0 aliphatic rings. The number of nitrogens with one attached hydrogen (secondary N) is 1. The fourth-order valence-corrected chi connectivity index (χ4v) is 2.88. The first-order valence-electron chi connectivity index (χ1n) is 8.62. The van der Waals surface area contributed by atoms with Crippen molar-refractivity contribution >= 4 is 34.7 Å². The zero-order valence-corrected chi connectivity index (χ0v) is 15.3. The summed E-state index contributed by atoms with van der Waals surface area (Å²) in [5.41, 5.74) is 7.73. The second kappa shape index (κ2) is 7.98. The summed E-state index contributed by atoms with van der Waals surface area (Å²) in [4.78, 5) is 9.50. The second-order valence-electron chi connectivity index (χ2n) is 6.09. The molecule has 4 aromatic rings. The molecule has 1 aromatic heterocycles. The van der Waals surface area contributed by atoms with E-state index in [2.05, 4.69) is 22.7 Å². The van der Waals surface area contributed by atoms with Crippen molar-refractivity contribution in [1.82, 2.24) is 9.97 Å². The Kier molecular flexibility index (Phi) is 5.08. The van der Waals surface area contributed by atoms with Gasteiger partial charge in [0.05, 0.1) is 22.9 Å². The van der Waals surface area contributed by atoms with Crippen LogP contribution in [-0.4, -0.2) is 16.2 Å². The molecule has 4 rings (SSSR count). The number of para-hydroxylation sites is 2. The minimum absolute atomic E-state index is 0.655. The molecule has 0 spiro atoms. The van der Waals surface area contributed by atoms with Crippen LogP contribution in [0.1, 0.15) is 16.8 Å². The maximum Gasteiger partial charge on any atom is 0.169 e. The highest BCUT2D eigenvalue weighted by atomic mass is 35.5. The summed E-state index contributed by atoms with van der Waals surface area (Å²) in [5, 5.41) is 5.03. The van der Waals surface area contributed by atoms with E-state index in [-0.39, 0.29) is 0 Å². The van der Waals surface area contributed by atoms with Crippen LogP contribution < -0.4 is 5.43 Å². The number of aromatic nitrogens is 2. The fourth-order valence-electron chi connectivity index (χ4n) is 2.76. The van der Waals surface area contributed by atoms with Crippen molar-refractivity contribution in [2.24, 2.45) is 5.10 Å². The fraction of sp³-hybridized carbons (Fsp3) is 0.0455. The highest BCUT2D eigenvalue weighted by Gasteiger charge is 2.09. The maximum absolute atomic E-state index is 5.92. The normalized spacial score (nSPS) is 11.1. The summed E-state index contributed by atoms with van der Waals surface area (Å²) in [6.45, 7) is 0. The van der Waals surface area contributed by atoms with Crippen LogP contribution in [0.5, 0.6) is 0 Å². The molecule has 0 saturated carbocycles. The summed E-state index contributed by atoms with van der Waals surface area (Å²) in [7, 11) is 0. The van der Waals surface area contributed by atoms with Crippen molar-refractivity contribution in [3.8, 4) is 0 Å². The van der Waals surface area contributed by atoms with Crippen LogP contribution in [0.25, 0.3) is 11.0 Å². The van der Waals surface area contributed by atoms with Crippen molar-refractivity contribution in [3.63, 3.8) is 0 Å². The molecule has 0 aliphatic heterocycles. The summed E-state index contributed by atoms with van der Waals surface area (Å²) in [5.74, 6) is 0.655. The van der Waals surface area contributed by atoms with Crippen LogP contribution in [0.2, 0.25) is 5.02 Å². The third-order valence-corrected chi connectivity index (χ3v) is 4.36. The van der Waals surface area contributed by atoms with E-state index in [9.17, 15) is 0 Å². The predicted octanol–water partition coefficient (Wildman–Crippen LogP) is 5.32. The van der Waals surface area contributed by atoms with E-state index in [1.165, 1.54) is 5.56 Å². The zero-order chi connectivity index (χ0) is 18.5. The minimum Gasteiger partial charge on any atom is -0.260 e. The van der Waals surface area contributed by atoms with E-state index in [0.29, 0.717) is 17.3 Å². The van der Waals surface area contributed by atoms with Crippen LogP contribution in [-0.2, 0) is 6.42 Å². The van der Waals surface area contributed by atoms with Gasteiger partial charge in [-0.05, 0) is 35.4 Å². The van der Waals surface area contributed by atoms with Gasteiger partial charge in [-0.1, -0.05) is 66.2 Å². The summed E-state index contributed by atoms with van der Waals surface area (Å²) in [6, 6.07) is 25.5. The number of rotatable bonds is 5. The number of nitrogens with zero attached hydrogens (tertiary/aromatic N) is 3. The Morgan fingerprint density at radius 2 is 1.48 bits per heavy atom. The molecule has 27 heavy (non-hydrogen) atoms. The molecule has 0 radical (unpaired) electrons. The molecule has 0 amide bonds. The topological polar surface area (TPSA) is 50.2 Å². The Labute approximate surface area is 162 Å². The van der Waals surface area contributed by atoms with Gasteiger partial charge in [-0.3, -0.25) is 5.43 Å². The number of hydrogen-bond acceptors (Lipinski definition) is 4. The Hall–Kier alpha value is -3.24. The van der Waals surface area contributed by atoms with E-state index in [4.69, 9.17) is 21.6 Å². The Bertz CT molecular complexity index is 1080. The lowest BCUT2D eigenvalue weighted by Crippen LogP contribution is -2.03. The summed E-state index contributed by atoms with van der Waals surface area (Å²) >= 11 is 5.92. The zero-order valence-electron chi connectivity index (χ0n) is 14.5. The lowest BCUT2D eigenvalue weighted by molar-refractivity contribution is 1.06. The van der Waals surface area contributed by atoms with Gasteiger partial charge in [-0.2, -0.15) is 5.10 Å². The molecule has 132 valence electrons. The Morgan fingerprint density at radius 1 is 0.815 bits per heavy atom. The Morgan fingerprint density at radius 3 is 2.22 bits per heavy atom. The number of hydrazone groups is 1. The van der Waals surface area contributed by atoms with Crippen molar-refractivity contribution in [2.45, 2.75) is 6.42 Å². The SMILES string of the molecule is Clc1ccc(/C=N/Nc2nc3ccccc3nc2Cc2ccccc2)cc1. The first-order valence-corrected chi connectivity index (χ1v) is 9.00. The third-order valence-electron chi connectivity index (χ3n) is 4.11. The number of halogens is 1. The van der Waals surface area contributed by atoms with Gasteiger partial charge < -0.3 is 0 Å². The van der Waals surface area contributed by atoms with Crippen LogP contribution in [0.4, 0.5) is 5.82 Å². The minimum atomic E-state index is 0.655. The van der Waals surface area contributed by atoms with Crippen LogP contribution in [0.15, 0.2) is 84.0 Å². The Balaban J connectivity index is 1.64. The predicted molar refractivity (Wildman–Crippen MR) is 111 cm³/mol. The smallest absolute Gasteiger partial charge is 0.169 e. The second-order valence-corrected chi connectivity index (χ2v) is 6.53. The molecule has 0 unspecified atom stereocenters. The lowest BCUT2D eigenvalue weighted by atomic mass is 10.1. The van der Waals surface area contributed by atoms with Crippen LogP contribution in [0.3, 0.4) is 0 Å². The first kappa shape index (κ1) is 17.2. The highest BCUT2D eigenvalue weighted by Crippen LogP contribution is 2.20. The molecule has 0 atom stereocenters. The van der Waals surface area contributed by atoms with E-state index >= 15 is 0 Å². The summed E-state index contributed by atoms with van der Waals surface area (Å²) in [6.07, 6.45) is 2.41. The van der Waals surface area contributed by atoms with Gasteiger partial charge in [0.25, 0.3) is 0 Å². The molecule has 5 heteroatoms. The van der Waals surface area contributed by atoms with E-state index < -0.39 is 0 Å². The molecule has 0 saturated heterocycles. The number of hydrogen-bond donors (Lipinski definition) is 1. The van der Waals surface area contributed by atoms with Gasteiger partial charge in [0, 0.05) is 11.4 Å². The highest BCUT2D eigenvalue weighted by molar-refractivity contribution is 6.30. The third kappa shape index (κ3) is 4.30.